The number of carbonyl (C=O) groups excluding carboxylic acids is 1. The number of furan rings is 1. The number of nitriles is 1. The van der Waals surface area contributed by atoms with Crippen LogP contribution in [0.2, 0.25) is 5.02 Å². The molecule has 0 saturated carbocycles. The topological polar surface area (TPSA) is 60.5 Å². The van der Waals surface area contributed by atoms with E-state index in [2.05, 4.69) is 17.0 Å². The van der Waals surface area contributed by atoms with Gasteiger partial charge in [0.15, 0.2) is 0 Å². The molecule has 0 N–H and O–H groups in total. The predicted octanol–water partition coefficient (Wildman–Crippen LogP) is 4.86. The number of piperazine rings is 1. The highest BCUT2D eigenvalue weighted by molar-refractivity contribution is 6.30. The van der Waals surface area contributed by atoms with Gasteiger partial charge in [0.2, 0.25) is 0 Å². The zero-order chi connectivity index (χ0) is 20.9. The summed E-state index contributed by atoms with van der Waals surface area (Å²) in [6.45, 7) is 2.60. The zero-order valence-corrected chi connectivity index (χ0v) is 17.0. The average molecular weight is 418 g/mol. The predicted molar refractivity (Wildman–Crippen MR) is 118 cm³/mol. The Morgan fingerprint density at radius 3 is 2.33 bits per heavy atom. The normalized spacial score (nSPS) is 14.5. The van der Waals surface area contributed by atoms with Crippen molar-refractivity contribution < 1.29 is 9.21 Å². The summed E-state index contributed by atoms with van der Waals surface area (Å²) in [7, 11) is 0. The quantitative estimate of drug-likeness (QED) is 0.449. The Morgan fingerprint density at radius 1 is 0.967 bits per heavy atom. The minimum absolute atomic E-state index is 0.0696. The third-order valence-corrected chi connectivity index (χ3v) is 5.33. The summed E-state index contributed by atoms with van der Waals surface area (Å²) in [5.74, 6) is 0.849. The second-order valence-corrected chi connectivity index (χ2v) is 7.43. The van der Waals surface area contributed by atoms with Crippen LogP contribution in [0.1, 0.15) is 5.76 Å². The first-order valence-corrected chi connectivity index (χ1v) is 10.1. The Kier molecular flexibility index (Phi) is 5.87. The van der Waals surface area contributed by atoms with Crippen molar-refractivity contribution in [1.82, 2.24) is 4.90 Å². The molecule has 1 amide bonds. The summed E-state index contributed by atoms with van der Waals surface area (Å²) in [4.78, 5) is 16.8. The Balaban J connectivity index is 1.44. The third kappa shape index (κ3) is 4.40. The molecule has 3 aromatic rings. The van der Waals surface area contributed by atoms with Crippen molar-refractivity contribution in [3.63, 3.8) is 0 Å². The largest absolute Gasteiger partial charge is 0.457 e. The van der Waals surface area contributed by atoms with Gasteiger partial charge < -0.3 is 14.2 Å². The smallest absolute Gasteiger partial charge is 0.264 e. The summed E-state index contributed by atoms with van der Waals surface area (Å²) in [6, 6.07) is 23.0. The molecule has 2 heterocycles. The lowest BCUT2D eigenvalue weighted by Crippen LogP contribution is -2.49. The molecule has 0 bridgehead atoms. The second kappa shape index (κ2) is 8.89. The van der Waals surface area contributed by atoms with E-state index in [-0.39, 0.29) is 11.5 Å². The minimum atomic E-state index is -0.269. The maximum atomic E-state index is 12.9. The van der Waals surface area contributed by atoms with E-state index in [1.165, 1.54) is 6.08 Å². The van der Waals surface area contributed by atoms with Crippen molar-refractivity contribution in [3.05, 3.63) is 83.1 Å². The molecule has 0 radical (unpaired) electrons. The number of carbonyl (C=O) groups is 1. The van der Waals surface area contributed by atoms with Crippen LogP contribution in [0.4, 0.5) is 5.69 Å². The fourth-order valence-corrected chi connectivity index (χ4v) is 3.59. The highest BCUT2D eigenvalue weighted by Crippen LogP contribution is 2.25. The van der Waals surface area contributed by atoms with Crippen LogP contribution in [-0.4, -0.2) is 37.0 Å². The van der Waals surface area contributed by atoms with E-state index in [4.69, 9.17) is 16.0 Å². The average Bonchev–Trinajstić information content (AvgIpc) is 3.27. The number of para-hydroxylation sites is 1. The van der Waals surface area contributed by atoms with Crippen LogP contribution in [-0.2, 0) is 4.79 Å². The first kappa shape index (κ1) is 19.8. The highest BCUT2D eigenvalue weighted by Gasteiger charge is 2.24. The molecule has 1 aromatic heterocycles. The SMILES string of the molecule is N#C/C(=C\c1ccc(-c2ccc(Cl)cc2)o1)C(=O)N1CCN(c2ccccc2)CC1. The van der Waals surface area contributed by atoms with Crippen LogP contribution in [0.5, 0.6) is 0 Å². The summed E-state index contributed by atoms with van der Waals surface area (Å²) >= 11 is 5.92. The van der Waals surface area contributed by atoms with Gasteiger partial charge >= 0.3 is 0 Å². The molecule has 1 saturated heterocycles. The van der Waals surface area contributed by atoms with Gasteiger partial charge in [0.25, 0.3) is 5.91 Å². The van der Waals surface area contributed by atoms with Crippen molar-refractivity contribution >= 4 is 29.3 Å². The Labute approximate surface area is 180 Å². The van der Waals surface area contributed by atoms with E-state index < -0.39 is 0 Å². The van der Waals surface area contributed by atoms with Crippen LogP contribution in [0.15, 0.2) is 76.7 Å². The molecular weight excluding hydrogens is 398 g/mol. The van der Waals surface area contributed by atoms with Crippen LogP contribution < -0.4 is 4.90 Å². The summed E-state index contributed by atoms with van der Waals surface area (Å²) < 4.78 is 5.80. The van der Waals surface area contributed by atoms with Crippen molar-refractivity contribution in [2.75, 3.05) is 31.1 Å². The highest BCUT2D eigenvalue weighted by atomic mass is 35.5. The van der Waals surface area contributed by atoms with Gasteiger partial charge in [0.05, 0.1) is 0 Å². The fraction of sp³-hybridized carbons (Fsp3) is 0.167. The van der Waals surface area contributed by atoms with Gasteiger partial charge in [-0.1, -0.05) is 29.8 Å². The summed E-state index contributed by atoms with van der Waals surface area (Å²) in [6.07, 6.45) is 1.51. The van der Waals surface area contributed by atoms with E-state index >= 15 is 0 Å². The van der Waals surface area contributed by atoms with E-state index in [0.29, 0.717) is 29.6 Å². The number of halogens is 1. The molecule has 5 nitrogen and oxygen atoms in total. The standard InChI is InChI=1S/C24H20ClN3O2/c25-20-8-6-18(7-9-20)23-11-10-22(30-23)16-19(17-26)24(29)28-14-12-27(13-15-28)21-4-2-1-3-5-21/h1-11,16H,12-15H2/b19-16+. The van der Waals surface area contributed by atoms with E-state index in [1.807, 2.05) is 42.5 Å². The van der Waals surface area contributed by atoms with Crippen LogP contribution >= 0.6 is 11.6 Å². The molecule has 0 unspecified atom stereocenters. The van der Waals surface area contributed by atoms with Gasteiger partial charge in [0.1, 0.15) is 23.2 Å². The molecule has 1 fully saturated rings. The molecule has 6 heteroatoms. The number of hydrogen-bond acceptors (Lipinski definition) is 4. The fourth-order valence-electron chi connectivity index (χ4n) is 3.46. The van der Waals surface area contributed by atoms with Gasteiger partial charge in [0, 0.05) is 48.5 Å². The second-order valence-electron chi connectivity index (χ2n) is 6.99. The van der Waals surface area contributed by atoms with Crippen LogP contribution in [0.25, 0.3) is 17.4 Å². The first-order valence-electron chi connectivity index (χ1n) is 9.71. The van der Waals surface area contributed by atoms with Crippen molar-refractivity contribution in [2.24, 2.45) is 0 Å². The van der Waals surface area contributed by atoms with E-state index in [9.17, 15) is 10.1 Å². The summed E-state index contributed by atoms with van der Waals surface area (Å²) in [5.41, 5.74) is 2.09. The first-order chi connectivity index (χ1) is 14.6. The van der Waals surface area contributed by atoms with Gasteiger partial charge in [-0.3, -0.25) is 4.79 Å². The molecule has 0 aliphatic carbocycles. The molecule has 30 heavy (non-hydrogen) atoms. The Hall–Kier alpha value is -3.49. The van der Waals surface area contributed by atoms with Gasteiger partial charge in [-0.25, -0.2) is 0 Å². The van der Waals surface area contributed by atoms with Crippen molar-refractivity contribution in [3.8, 4) is 17.4 Å². The number of nitrogens with zero attached hydrogens (tertiary/aromatic N) is 3. The number of hydrogen-bond donors (Lipinski definition) is 0. The minimum Gasteiger partial charge on any atom is -0.457 e. The molecule has 0 spiro atoms. The van der Waals surface area contributed by atoms with E-state index in [1.54, 1.807) is 23.1 Å². The van der Waals surface area contributed by atoms with Crippen LogP contribution in [0, 0.1) is 11.3 Å². The molecule has 1 aliphatic heterocycles. The van der Waals surface area contributed by atoms with Crippen LogP contribution in [0.3, 0.4) is 0 Å². The van der Waals surface area contributed by atoms with E-state index in [0.717, 1.165) is 24.3 Å². The molecule has 1 aliphatic rings. The maximum Gasteiger partial charge on any atom is 0.264 e. The van der Waals surface area contributed by atoms with Gasteiger partial charge in [-0.05, 0) is 48.5 Å². The Bertz CT molecular complexity index is 1090. The lowest BCUT2D eigenvalue weighted by Gasteiger charge is -2.36. The van der Waals surface area contributed by atoms with Gasteiger partial charge in [-0.2, -0.15) is 5.26 Å². The molecule has 150 valence electrons. The van der Waals surface area contributed by atoms with Crippen molar-refractivity contribution in [2.45, 2.75) is 0 Å². The van der Waals surface area contributed by atoms with Crippen molar-refractivity contribution in [1.29, 1.82) is 5.26 Å². The molecular formula is C24H20ClN3O2. The monoisotopic (exact) mass is 417 g/mol. The molecule has 2 aromatic carbocycles. The number of benzene rings is 2. The number of anilines is 1. The number of amides is 1. The third-order valence-electron chi connectivity index (χ3n) is 5.08. The Morgan fingerprint density at radius 2 is 1.67 bits per heavy atom. The number of rotatable bonds is 4. The zero-order valence-electron chi connectivity index (χ0n) is 16.3. The lowest BCUT2D eigenvalue weighted by molar-refractivity contribution is -0.126. The lowest BCUT2D eigenvalue weighted by atomic mass is 10.1. The van der Waals surface area contributed by atoms with Gasteiger partial charge in [-0.15, -0.1) is 0 Å². The maximum absolute atomic E-state index is 12.9. The molecule has 4 rings (SSSR count). The summed E-state index contributed by atoms with van der Waals surface area (Å²) in [5, 5.41) is 10.2. The molecule has 0 atom stereocenters.